The van der Waals surface area contributed by atoms with Crippen LogP contribution in [0.2, 0.25) is 0 Å². The van der Waals surface area contributed by atoms with Crippen molar-refractivity contribution >= 4 is 21.7 Å². The molecule has 0 N–H and O–H groups in total. The largest absolute Gasteiger partial charge is 0.356 e. The van der Waals surface area contributed by atoms with E-state index in [1.165, 1.54) is 12.1 Å². The van der Waals surface area contributed by atoms with Crippen LogP contribution in [0.3, 0.4) is 0 Å². The molecule has 1 fully saturated rings. The van der Waals surface area contributed by atoms with Gasteiger partial charge in [0.15, 0.2) is 0 Å². The lowest BCUT2D eigenvalue weighted by Gasteiger charge is -2.32. The van der Waals surface area contributed by atoms with E-state index in [1.807, 2.05) is 6.20 Å². The summed E-state index contributed by atoms with van der Waals surface area (Å²) in [5.41, 5.74) is 1.89. The molecule has 1 aromatic carbocycles. The van der Waals surface area contributed by atoms with Gasteiger partial charge in [-0.3, -0.25) is 0 Å². The summed E-state index contributed by atoms with van der Waals surface area (Å²) in [6, 6.07) is 8.19. The second-order valence-electron chi connectivity index (χ2n) is 6.54. The maximum Gasteiger partial charge on any atom is 0.231 e. The fourth-order valence-corrected chi connectivity index (χ4v) is 3.80. The Labute approximate surface area is 159 Å². The number of halogens is 2. The van der Waals surface area contributed by atoms with Crippen LogP contribution in [0.25, 0.3) is 11.4 Å². The highest BCUT2D eigenvalue weighted by Crippen LogP contribution is 2.31. The van der Waals surface area contributed by atoms with E-state index in [0.29, 0.717) is 11.7 Å². The smallest absolute Gasteiger partial charge is 0.231 e. The van der Waals surface area contributed by atoms with Gasteiger partial charge >= 0.3 is 0 Å². The van der Waals surface area contributed by atoms with Crippen LogP contribution < -0.4 is 4.90 Å². The Bertz CT molecular complexity index is 912. The molecule has 1 aliphatic rings. The zero-order valence-electron chi connectivity index (χ0n) is 14.3. The maximum atomic E-state index is 13.1. The molecule has 0 saturated carbocycles. The van der Waals surface area contributed by atoms with E-state index in [0.717, 1.165) is 47.3 Å². The average Bonchev–Trinajstić information content (AvgIpc) is 3.13. The third kappa shape index (κ3) is 3.49. The summed E-state index contributed by atoms with van der Waals surface area (Å²) in [5, 5.41) is 4.07. The number of hydrogen-bond acceptors (Lipinski definition) is 5. The minimum atomic E-state index is -0.280. The summed E-state index contributed by atoms with van der Waals surface area (Å²) >= 11 is 3.46. The predicted molar refractivity (Wildman–Crippen MR) is 101 cm³/mol. The summed E-state index contributed by atoms with van der Waals surface area (Å²) in [4.78, 5) is 11.4. The lowest BCUT2D eigenvalue weighted by atomic mass is 9.97. The van der Waals surface area contributed by atoms with Crippen LogP contribution in [-0.2, 0) is 0 Å². The first-order valence-corrected chi connectivity index (χ1v) is 9.36. The molecule has 4 rings (SSSR count). The van der Waals surface area contributed by atoms with Crippen LogP contribution in [0.15, 0.2) is 45.5 Å². The predicted octanol–water partition coefficient (Wildman–Crippen LogP) is 4.73. The highest BCUT2D eigenvalue weighted by molar-refractivity contribution is 9.10. The van der Waals surface area contributed by atoms with Gasteiger partial charge in [-0.05, 0) is 71.6 Å². The molecule has 0 radical (unpaired) electrons. The Balaban J connectivity index is 1.54. The second kappa shape index (κ2) is 7.15. The Kier molecular flexibility index (Phi) is 4.72. The number of aromatic nitrogens is 3. The van der Waals surface area contributed by atoms with Gasteiger partial charge in [0.1, 0.15) is 11.6 Å². The van der Waals surface area contributed by atoms with Gasteiger partial charge in [0, 0.05) is 29.3 Å². The van der Waals surface area contributed by atoms with Crippen LogP contribution in [0.1, 0.15) is 30.2 Å². The summed E-state index contributed by atoms with van der Waals surface area (Å²) < 4.78 is 19.6. The van der Waals surface area contributed by atoms with Crippen molar-refractivity contribution in [3.05, 3.63) is 58.3 Å². The lowest BCUT2D eigenvalue weighted by Crippen LogP contribution is -2.35. The van der Waals surface area contributed by atoms with Crippen LogP contribution in [-0.4, -0.2) is 28.2 Å². The standard InChI is InChI=1S/C19H18BrFN4O/c1-12-9-15(20)10-22-18(12)25-8-2-3-14(11-25)19-23-17(24-26-19)13-4-6-16(21)7-5-13/h4-7,9-10,14H,2-3,8,11H2,1H3. The zero-order chi connectivity index (χ0) is 18.1. The fourth-order valence-electron chi connectivity index (χ4n) is 3.35. The number of benzene rings is 1. The molecule has 0 aliphatic carbocycles. The molecule has 1 unspecified atom stereocenters. The van der Waals surface area contributed by atoms with E-state index in [-0.39, 0.29) is 11.7 Å². The summed E-state index contributed by atoms with van der Waals surface area (Å²) in [6.07, 6.45) is 3.86. The van der Waals surface area contributed by atoms with Crippen molar-refractivity contribution in [2.45, 2.75) is 25.7 Å². The fraction of sp³-hybridized carbons (Fsp3) is 0.316. The van der Waals surface area contributed by atoms with Crippen molar-refractivity contribution < 1.29 is 8.91 Å². The minimum absolute atomic E-state index is 0.162. The third-order valence-corrected chi connectivity index (χ3v) is 5.07. The molecule has 2 aromatic heterocycles. The molecule has 3 aromatic rings. The monoisotopic (exact) mass is 416 g/mol. The molecular formula is C19H18BrFN4O. The zero-order valence-corrected chi connectivity index (χ0v) is 15.9. The number of pyridine rings is 1. The number of rotatable bonds is 3. The quantitative estimate of drug-likeness (QED) is 0.617. The van der Waals surface area contributed by atoms with Gasteiger partial charge in [0.05, 0.1) is 5.92 Å². The third-order valence-electron chi connectivity index (χ3n) is 4.63. The van der Waals surface area contributed by atoms with Crippen molar-refractivity contribution in [3.8, 4) is 11.4 Å². The van der Waals surface area contributed by atoms with Crippen molar-refractivity contribution in [2.75, 3.05) is 18.0 Å². The van der Waals surface area contributed by atoms with E-state index >= 15 is 0 Å². The molecule has 1 saturated heterocycles. The minimum Gasteiger partial charge on any atom is -0.356 e. The summed E-state index contributed by atoms with van der Waals surface area (Å²) in [6.45, 7) is 3.82. The van der Waals surface area contributed by atoms with Crippen LogP contribution in [0.4, 0.5) is 10.2 Å². The molecular weight excluding hydrogens is 399 g/mol. The van der Waals surface area contributed by atoms with Crippen molar-refractivity contribution in [1.82, 2.24) is 15.1 Å². The lowest BCUT2D eigenvalue weighted by molar-refractivity contribution is 0.333. The maximum absolute atomic E-state index is 13.1. The van der Waals surface area contributed by atoms with Gasteiger partial charge in [0.2, 0.25) is 11.7 Å². The van der Waals surface area contributed by atoms with Crippen LogP contribution >= 0.6 is 15.9 Å². The second-order valence-corrected chi connectivity index (χ2v) is 7.46. The molecule has 0 bridgehead atoms. The van der Waals surface area contributed by atoms with Gasteiger partial charge in [0.25, 0.3) is 0 Å². The molecule has 3 heterocycles. The van der Waals surface area contributed by atoms with E-state index in [9.17, 15) is 4.39 Å². The van der Waals surface area contributed by atoms with Crippen LogP contribution in [0.5, 0.6) is 0 Å². The van der Waals surface area contributed by atoms with Gasteiger partial charge < -0.3 is 9.42 Å². The Morgan fingerprint density at radius 3 is 2.85 bits per heavy atom. The molecule has 26 heavy (non-hydrogen) atoms. The van der Waals surface area contributed by atoms with E-state index in [2.05, 4.69) is 48.9 Å². The van der Waals surface area contributed by atoms with Crippen molar-refractivity contribution in [3.63, 3.8) is 0 Å². The molecule has 5 nitrogen and oxygen atoms in total. The normalized spacial score (nSPS) is 17.5. The number of anilines is 1. The first kappa shape index (κ1) is 17.1. The van der Waals surface area contributed by atoms with E-state index in [1.54, 1.807) is 12.1 Å². The number of piperidine rings is 1. The highest BCUT2D eigenvalue weighted by atomic mass is 79.9. The van der Waals surface area contributed by atoms with Crippen LogP contribution in [0, 0.1) is 12.7 Å². The topological polar surface area (TPSA) is 55.1 Å². The highest BCUT2D eigenvalue weighted by Gasteiger charge is 2.27. The van der Waals surface area contributed by atoms with Crippen molar-refractivity contribution in [1.29, 1.82) is 0 Å². The number of hydrogen-bond donors (Lipinski definition) is 0. The number of nitrogens with zero attached hydrogens (tertiary/aromatic N) is 4. The van der Waals surface area contributed by atoms with Gasteiger partial charge in [-0.15, -0.1) is 0 Å². The van der Waals surface area contributed by atoms with E-state index in [4.69, 9.17) is 4.52 Å². The molecule has 0 amide bonds. The molecule has 134 valence electrons. The summed E-state index contributed by atoms with van der Waals surface area (Å²) in [7, 11) is 0. The van der Waals surface area contributed by atoms with Gasteiger partial charge in [-0.25, -0.2) is 9.37 Å². The Morgan fingerprint density at radius 2 is 2.08 bits per heavy atom. The Morgan fingerprint density at radius 1 is 1.27 bits per heavy atom. The van der Waals surface area contributed by atoms with Crippen molar-refractivity contribution in [2.24, 2.45) is 0 Å². The first-order valence-electron chi connectivity index (χ1n) is 8.57. The molecule has 7 heteroatoms. The van der Waals surface area contributed by atoms with Gasteiger partial charge in [-0.1, -0.05) is 5.16 Å². The van der Waals surface area contributed by atoms with Gasteiger partial charge in [-0.2, -0.15) is 4.98 Å². The Hall–Kier alpha value is -2.28. The molecule has 0 spiro atoms. The molecule has 1 aliphatic heterocycles. The number of aryl methyl sites for hydroxylation is 1. The van der Waals surface area contributed by atoms with E-state index < -0.39 is 0 Å². The summed E-state index contributed by atoms with van der Waals surface area (Å²) in [5.74, 6) is 2.00. The SMILES string of the molecule is Cc1cc(Br)cnc1N1CCCC(c2nc(-c3ccc(F)cc3)no2)C1. The molecule has 1 atom stereocenters. The average molecular weight is 417 g/mol. The first-order chi connectivity index (χ1) is 12.6.